The van der Waals surface area contributed by atoms with E-state index >= 15 is 0 Å². The molecule has 0 radical (unpaired) electrons. The molecule has 104 heavy (non-hydrogen) atoms. The molecule has 3 N–H and O–H groups in total. The minimum Gasteiger partial charge on any atom is -0.462 e. The summed E-state index contributed by atoms with van der Waals surface area (Å²) >= 11 is 0. The lowest BCUT2D eigenvalue weighted by Gasteiger charge is -2.21. The maximum Gasteiger partial charge on any atom is 0.472 e. The van der Waals surface area contributed by atoms with E-state index in [1.165, 1.54) is 109 Å². The van der Waals surface area contributed by atoms with E-state index in [1.54, 1.807) is 0 Å². The van der Waals surface area contributed by atoms with Crippen molar-refractivity contribution in [1.82, 2.24) is 0 Å². The predicted octanol–water partition coefficient (Wildman–Crippen LogP) is 23.7. The van der Waals surface area contributed by atoms with Crippen LogP contribution in [0.4, 0.5) is 0 Å². The van der Waals surface area contributed by atoms with Crippen LogP contribution in [-0.2, 0) is 65.4 Å². The van der Waals surface area contributed by atoms with E-state index in [0.717, 1.165) is 128 Å². The summed E-state index contributed by atoms with van der Waals surface area (Å²) in [6.45, 7) is 4.55. The third-order valence-corrected chi connectivity index (χ3v) is 18.6. The fraction of sp³-hybridized carbons (Fsp3) is 0.694. The molecular weight excluding hydrogens is 1350 g/mol. The van der Waals surface area contributed by atoms with Gasteiger partial charge in [-0.05, 0) is 109 Å². The summed E-state index contributed by atoms with van der Waals surface area (Å²) in [6.07, 6.45) is 85.9. The molecule has 5 unspecified atom stereocenters. The highest BCUT2D eigenvalue weighted by molar-refractivity contribution is 7.47. The van der Waals surface area contributed by atoms with Gasteiger partial charge in [-0.15, -0.1) is 0 Å². The number of rotatable bonds is 75. The highest BCUT2D eigenvalue weighted by Gasteiger charge is 2.30. The quantitative estimate of drug-likeness (QED) is 0.0169. The van der Waals surface area contributed by atoms with Crippen LogP contribution in [0.5, 0.6) is 0 Å². The van der Waals surface area contributed by atoms with E-state index in [9.17, 15) is 43.2 Å². The normalized spacial score (nSPS) is 14.6. The fourth-order valence-electron chi connectivity index (χ4n) is 10.6. The van der Waals surface area contributed by atoms with Crippen molar-refractivity contribution >= 4 is 39.5 Å². The van der Waals surface area contributed by atoms with Gasteiger partial charge in [-0.1, -0.05) is 322 Å². The number of carbonyl (C=O) groups is 4. The number of carbonyl (C=O) groups excluding carboxylic acids is 4. The van der Waals surface area contributed by atoms with Gasteiger partial charge >= 0.3 is 39.5 Å². The first kappa shape index (κ1) is 99.2. The van der Waals surface area contributed by atoms with Crippen molar-refractivity contribution in [2.24, 2.45) is 0 Å². The van der Waals surface area contributed by atoms with Gasteiger partial charge in [-0.3, -0.25) is 37.3 Å². The van der Waals surface area contributed by atoms with E-state index in [-0.39, 0.29) is 25.7 Å². The summed E-state index contributed by atoms with van der Waals surface area (Å²) < 4.78 is 68.5. The number of esters is 4. The van der Waals surface area contributed by atoms with E-state index in [1.807, 2.05) is 18.2 Å². The molecule has 0 rings (SSSR count). The van der Waals surface area contributed by atoms with Crippen LogP contribution < -0.4 is 0 Å². The van der Waals surface area contributed by atoms with Crippen molar-refractivity contribution in [2.75, 3.05) is 39.6 Å². The number of phosphoric acid groups is 2. The molecule has 19 heteroatoms. The number of phosphoric ester groups is 2. The number of aliphatic hydroxyl groups is 1. The Bertz CT molecular complexity index is 2490. The largest absolute Gasteiger partial charge is 0.472 e. The molecule has 0 amide bonds. The van der Waals surface area contributed by atoms with Crippen LogP contribution >= 0.6 is 15.6 Å². The smallest absolute Gasteiger partial charge is 0.462 e. The van der Waals surface area contributed by atoms with Gasteiger partial charge in [0.2, 0.25) is 0 Å². The first-order chi connectivity index (χ1) is 50.7. The zero-order valence-corrected chi connectivity index (χ0v) is 66.9. The summed E-state index contributed by atoms with van der Waals surface area (Å²) in [7, 11) is -9.99. The molecule has 17 nitrogen and oxygen atoms in total. The molecule has 0 bridgehead atoms. The van der Waals surface area contributed by atoms with Crippen molar-refractivity contribution in [3.05, 3.63) is 134 Å². The molecule has 0 aliphatic rings. The number of allylic oxidation sites excluding steroid dienone is 22. The Morgan fingerprint density at radius 3 is 0.827 bits per heavy atom. The molecule has 0 aliphatic carbocycles. The van der Waals surface area contributed by atoms with Crippen molar-refractivity contribution in [2.45, 2.75) is 341 Å². The van der Waals surface area contributed by atoms with Crippen LogP contribution in [0, 0.1) is 0 Å². The molecule has 0 aliphatic heterocycles. The second-order valence-electron chi connectivity index (χ2n) is 26.6. The number of ether oxygens (including phenoxy) is 4. The molecule has 0 aromatic rings. The molecule has 0 heterocycles. The van der Waals surface area contributed by atoms with Crippen LogP contribution in [0.25, 0.3) is 0 Å². The van der Waals surface area contributed by atoms with E-state index in [2.05, 4.69) is 143 Å². The summed E-state index contributed by atoms with van der Waals surface area (Å²) in [4.78, 5) is 73.0. The zero-order valence-electron chi connectivity index (χ0n) is 65.2. The lowest BCUT2D eigenvalue weighted by Crippen LogP contribution is -2.30. The maximum atomic E-state index is 13.1. The number of hydrogen-bond donors (Lipinski definition) is 3. The second-order valence-corrected chi connectivity index (χ2v) is 29.5. The first-order valence-electron chi connectivity index (χ1n) is 40.4. The molecule has 0 spiro atoms. The molecule has 0 aromatic heterocycles. The predicted molar refractivity (Wildman–Crippen MR) is 427 cm³/mol. The van der Waals surface area contributed by atoms with Gasteiger partial charge in [0.05, 0.1) is 26.4 Å². The van der Waals surface area contributed by atoms with Crippen LogP contribution in [0.1, 0.15) is 323 Å². The van der Waals surface area contributed by atoms with Crippen molar-refractivity contribution in [3.8, 4) is 0 Å². The Kier molecular flexibility index (Phi) is 72.9. The van der Waals surface area contributed by atoms with Crippen molar-refractivity contribution in [1.29, 1.82) is 0 Å². The summed E-state index contributed by atoms with van der Waals surface area (Å²) in [6, 6.07) is 0. The highest BCUT2D eigenvalue weighted by atomic mass is 31.2. The lowest BCUT2D eigenvalue weighted by atomic mass is 10.0. The molecule has 0 saturated carbocycles. The molecule has 0 fully saturated rings. The summed E-state index contributed by atoms with van der Waals surface area (Å²) in [5.74, 6) is -2.30. The van der Waals surface area contributed by atoms with Gasteiger partial charge in [-0.25, -0.2) is 9.13 Å². The molecular formula is C85H144O17P2. The Morgan fingerprint density at radius 1 is 0.279 bits per heavy atom. The molecule has 0 saturated heterocycles. The van der Waals surface area contributed by atoms with Gasteiger partial charge in [0.15, 0.2) is 12.2 Å². The Morgan fingerprint density at radius 2 is 0.519 bits per heavy atom. The number of unbranched alkanes of at least 4 members (excludes halogenated alkanes) is 27. The monoisotopic (exact) mass is 1500 g/mol. The molecule has 596 valence electrons. The van der Waals surface area contributed by atoms with Gasteiger partial charge in [0.1, 0.15) is 19.3 Å². The van der Waals surface area contributed by atoms with Gasteiger partial charge in [0.25, 0.3) is 0 Å². The van der Waals surface area contributed by atoms with E-state index in [4.69, 9.17) is 37.0 Å². The van der Waals surface area contributed by atoms with Crippen LogP contribution in [0.15, 0.2) is 134 Å². The van der Waals surface area contributed by atoms with Crippen LogP contribution in [-0.4, -0.2) is 96.7 Å². The minimum absolute atomic E-state index is 0.0254. The SMILES string of the molecule is CC/C=C\C/C=C\C/C=C\C/C=C\C/C=C\C/C=C\CCC(=O)OCC(COP(=O)(O)OCC(O)COP(=O)(O)OCC(COC(=O)CCCCCCCCCCCCCCC)OC(=O)CCCCCCCCCCCCCCC)OC(=O)CCCCC/C=C\C/C=C\C/C=C\C/C=C\C/C=C\CC. The minimum atomic E-state index is -5.01. The Balaban J connectivity index is 5.46. The van der Waals surface area contributed by atoms with Gasteiger partial charge in [-0.2, -0.15) is 0 Å². The highest BCUT2D eigenvalue weighted by Crippen LogP contribution is 2.45. The van der Waals surface area contributed by atoms with Crippen LogP contribution in [0.2, 0.25) is 0 Å². The Hall–Kier alpha value is -4.80. The molecule has 0 aromatic carbocycles. The van der Waals surface area contributed by atoms with Crippen LogP contribution in [0.3, 0.4) is 0 Å². The zero-order chi connectivity index (χ0) is 76.0. The number of hydrogen-bond acceptors (Lipinski definition) is 15. The molecule has 5 atom stereocenters. The fourth-order valence-corrected chi connectivity index (χ4v) is 12.1. The van der Waals surface area contributed by atoms with Gasteiger partial charge < -0.3 is 33.8 Å². The average molecular weight is 1500 g/mol. The standard InChI is InChI=1S/C85H144O17P2/c1-5-9-13-17-21-25-29-33-35-37-39-41-43-47-50-54-58-62-66-70-83(88)96-76-81(102-85(90)72-68-64-60-56-52-48-44-42-40-38-36-34-30-26-22-18-14-10-6-2)78-100-104(93,94)98-74-79(86)73-97-103(91,92)99-77-80(101-84(89)71-67-63-59-55-51-46-32-28-24-20-16-12-8-4)75-95-82(87)69-65-61-57-53-49-45-31-27-23-19-15-11-7-3/h9-10,13-14,21-22,25-26,33-36,39-42,47-48,50,52,58,62,79-81,86H,5-8,11-12,15-20,23-24,27-32,37-38,43-46,49,51,53-57,59-61,63-78H2,1-4H3,(H,91,92)(H,93,94)/b13-9-,14-10-,25-21-,26-22-,35-33-,36-34-,41-39-,42-40-,50-47-,52-48-,62-58-. The van der Waals surface area contributed by atoms with Crippen molar-refractivity contribution < 1.29 is 80.2 Å². The third kappa shape index (κ3) is 75.4. The Labute approximate surface area is 631 Å². The summed E-state index contributed by atoms with van der Waals surface area (Å²) in [5.41, 5.74) is 0. The second kappa shape index (κ2) is 76.4. The summed E-state index contributed by atoms with van der Waals surface area (Å²) in [5, 5.41) is 10.6. The first-order valence-corrected chi connectivity index (χ1v) is 43.4. The maximum absolute atomic E-state index is 13.1. The van der Waals surface area contributed by atoms with E-state index < -0.39 is 97.5 Å². The van der Waals surface area contributed by atoms with Crippen molar-refractivity contribution in [3.63, 3.8) is 0 Å². The average Bonchev–Trinajstić information content (AvgIpc) is 0.906. The topological polar surface area (TPSA) is 237 Å². The number of aliphatic hydroxyl groups excluding tert-OH is 1. The third-order valence-electron chi connectivity index (χ3n) is 16.7. The lowest BCUT2D eigenvalue weighted by molar-refractivity contribution is -0.161. The van der Waals surface area contributed by atoms with Gasteiger partial charge in [0, 0.05) is 25.7 Å². The van der Waals surface area contributed by atoms with E-state index in [0.29, 0.717) is 32.1 Å².